The molecule has 2 amide bonds. The highest BCUT2D eigenvalue weighted by molar-refractivity contribution is 5.86. The smallest absolute Gasteiger partial charge is 0.408 e. The van der Waals surface area contributed by atoms with Gasteiger partial charge in [-0.2, -0.15) is 4.39 Å². The quantitative estimate of drug-likeness (QED) is 0.747. The molecule has 2 heterocycles. The third-order valence-electron chi connectivity index (χ3n) is 4.92. The van der Waals surface area contributed by atoms with Gasteiger partial charge in [-0.1, -0.05) is 13.8 Å². The van der Waals surface area contributed by atoms with Crippen molar-refractivity contribution < 1.29 is 28.2 Å². The van der Waals surface area contributed by atoms with Crippen LogP contribution in [-0.4, -0.2) is 62.7 Å². The molecule has 0 bridgehead atoms. The van der Waals surface area contributed by atoms with Crippen molar-refractivity contribution in [3.05, 3.63) is 24.0 Å². The average molecular weight is 413 g/mol. The van der Waals surface area contributed by atoms with Gasteiger partial charge in [0, 0.05) is 37.5 Å². The molecule has 7 nitrogen and oxygen atoms in total. The van der Waals surface area contributed by atoms with E-state index in [1.54, 1.807) is 25.7 Å². The maximum absolute atomic E-state index is 13.3. The highest BCUT2D eigenvalue weighted by atomic mass is 19.2. The summed E-state index contributed by atoms with van der Waals surface area (Å²) >= 11 is 0. The Morgan fingerprint density at radius 2 is 1.86 bits per heavy atom. The summed E-state index contributed by atoms with van der Waals surface area (Å²) in [5.74, 6) is -2.55. The second-order valence-corrected chi connectivity index (χ2v) is 8.60. The molecule has 0 radical (unpaired) electrons. The van der Waals surface area contributed by atoms with Crippen molar-refractivity contribution in [2.45, 2.75) is 65.1 Å². The van der Waals surface area contributed by atoms with E-state index in [0.717, 1.165) is 12.3 Å². The van der Waals surface area contributed by atoms with Crippen molar-refractivity contribution in [2.75, 3.05) is 13.1 Å². The Kier molecular flexibility index (Phi) is 7.02. The number of carbonyl (C=O) groups excluding carboxylic acids is 1. The molecule has 1 fully saturated rings. The molecule has 1 aliphatic heterocycles. The first-order valence-corrected chi connectivity index (χ1v) is 9.70. The molecule has 9 heteroatoms. The van der Waals surface area contributed by atoms with Crippen LogP contribution in [0.3, 0.4) is 0 Å². The molecule has 1 N–H and O–H groups in total. The number of rotatable bonds is 5. The summed E-state index contributed by atoms with van der Waals surface area (Å²) < 4.78 is 31.9. The first-order chi connectivity index (χ1) is 13.4. The molecular formula is C20H29F2N3O4. The highest BCUT2D eigenvalue weighted by Gasteiger charge is 2.41. The van der Waals surface area contributed by atoms with E-state index >= 15 is 0 Å². The maximum atomic E-state index is 13.3. The number of amides is 2. The molecule has 1 aromatic heterocycles. The van der Waals surface area contributed by atoms with Gasteiger partial charge in [0.1, 0.15) is 17.9 Å². The normalized spacial score (nSPS) is 16.6. The second kappa shape index (κ2) is 8.92. The maximum Gasteiger partial charge on any atom is 0.408 e. The van der Waals surface area contributed by atoms with Gasteiger partial charge in [0.2, 0.25) is 11.9 Å². The fraction of sp³-hybridized carbons (Fsp3) is 0.650. The van der Waals surface area contributed by atoms with Crippen molar-refractivity contribution in [2.24, 2.45) is 5.92 Å². The lowest BCUT2D eigenvalue weighted by atomic mass is 9.94. The summed E-state index contributed by atoms with van der Waals surface area (Å²) in [6.07, 6.45) is 0.727. The number of ether oxygens (including phenoxy) is 1. The van der Waals surface area contributed by atoms with Gasteiger partial charge in [-0.25, -0.2) is 14.2 Å². The lowest BCUT2D eigenvalue weighted by Crippen LogP contribution is -2.60. The number of halogens is 2. The van der Waals surface area contributed by atoms with E-state index in [2.05, 4.69) is 4.98 Å². The number of pyridine rings is 1. The Hall–Kier alpha value is -2.45. The number of hydrogen-bond donors (Lipinski definition) is 1. The van der Waals surface area contributed by atoms with Gasteiger partial charge in [0.25, 0.3) is 0 Å². The van der Waals surface area contributed by atoms with E-state index in [-0.39, 0.29) is 23.7 Å². The molecule has 2 rings (SSSR count). The average Bonchev–Trinajstić information content (AvgIpc) is 2.61. The van der Waals surface area contributed by atoms with Crippen LogP contribution in [0.2, 0.25) is 0 Å². The van der Waals surface area contributed by atoms with Gasteiger partial charge >= 0.3 is 6.09 Å². The van der Waals surface area contributed by atoms with E-state index in [9.17, 15) is 23.5 Å². The molecule has 0 saturated carbocycles. The van der Waals surface area contributed by atoms with Crippen molar-refractivity contribution in [1.29, 1.82) is 0 Å². The van der Waals surface area contributed by atoms with Crippen LogP contribution in [0.1, 0.15) is 47.5 Å². The zero-order valence-electron chi connectivity index (χ0n) is 17.5. The molecule has 1 saturated heterocycles. The van der Waals surface area contributed by atoms with Gasteiger partial charge in [-0.3, -0.25) is 9.69 Å². The number of carbonyl (C=O) groups is 2. The minimum absolute atomic E-state index is 0.138. The van der Waals surface area contributed by atoms with Crippen LogP contribution < -0.4 is 4.74 Å². The van der Waals surface area contributed by atoms with E-state index in [1.165, 1.54) is 4.90 Å². The summed E-state index contributed by atoms with van der Waals surface area (Å²) in [6, 6.07) is 0.156. The number of aromatic nitrogens is 1. The van der Waals surface area contributed by atoms with Crippen LogP contribution in [-0.2, 0) is 4.79 Å². The number of nitrogens with zero attached hydrogens (tertiary/aromatic N) is 3. The SMILES string of the molecule is CC(C)[C@@H](C(=O)N1CCC(Oc2cnc(F)c(F)c2)CC1)N(C(=O)O)C(C)(C)C. The Morgan fingerprint density at radius 1 is 1.28 bits per heavy atom. The summed E-state index contributed by atoms with van der Waals surface area (Å²) in [5.41, 5.74) is -0.725. The Labute approximate surface area is 169 Å². The monoisotopic (exact) mass is 413 g/mol. The fourth-order valence-electron chi connectivity index (χ4n) is 3.56. The third-order valence-corrected chi connectivity index (χ3v) is 4.92. The van der Waals surface area contributed by atoms with E-state index in [4.69, 9.17) is 4.74 Å². The molecule has 1 aliphatic rings. The second-order valence-electron chi connectivity index (χ2n) is 8.60. The molecule has 0 unspecified atom stereocenters. The molecule has 162 valence electrons. The van der Waals surface area contributed by atoms with Crippen LogP contribution >= 0.6 is 0 Å². The molecule has 0 spiro atoms. The Bertz CT molecular complexity index is 744. The van der Waals surface area contributed by atoms with Crippen molar-refractivity contribution in [3.8, 4) is 5.75 Å². The first-order valence-electron chi connectivity index (χ1n) is 9.70. The Morgan fingerprint density at radius 3 is 2.31 bits per heavy atom. The van der Waals surface area contributed by atoms with Crippen molar-refractivity contribution in [1.82, 2.24) is 14.8 Å². The summed E-state index contributed by atoms with van der Waals surface area (Å²) in [4.78, 5) is 31.2. The topological polar surface area (TPSA) is 83.0 Å². The molecular weight excluding hydrogens is 384 g/mol. The van der Waals surface area contributed by atoms with Crippen molar-refractivity contribution in [3.63, 3.8) is 0 Å². The minimum atomic E-state index is -1.18. The molecule has 1 aromatic rings. The van der Waals surface area contributed by atoms with Gasteiger partial charge < -0.3 is 14.7 Å². The van der Waals surface area contributed by atoms with E-state index in [0.29, 0.717) is 25.9 Å². The molecule has 29 heavy (non-hydrogen) atoms. The highest BCUT2D eigenvalue weighted by Crippen LogP contribution is 2.26. The van der Waals surface area contributed by atoms with Crippen LogP contribution in [0.15, 0.2) is 12.3 Å². The van der Waals surface area contributed by atoms with Crippen molar-refractivity contribution >= 4 is 12.0 Å². The summed E-state index contributed by atoms with van der Waals surface area (Å²) in [5, 5.41) is 9.70. The minimum Gasteiger partial charge on any atom is -0.489 e. The summed E-state index contributed by atoms with van der Waals surface area (Å²) in [7, 11) is 0. The van der Waals surface area contributed by atoms with Crippen LogP contribution in [0.4, 0.5) is 13.6 Å². The number of piperidine rings is 1. The van der Waals surface area contributed by atoms with Gasteiger partial charge in [0.05, 0.1) is 6.20 Å². The zero-order chi connectivity index (χ0) is 21.9. The van der Waals surface area contributed by atoms with E-state index < -0.39 is 29.4 Å². The predicted octanol–water partition coefficient (Wildman–Crippen LogP) is 3.53. The fourth-order valence-corrected chi connectivity index (χ4v) is 3.56. The largest absolute Gasteiger partial charge is 0.489 e. The predicted molar refractivity (Wildman–Crippen MR) is 103 cm³/mol. The van der Waals surface area contributed by atoms with Gasteiger partial charge in [-0.15, -0.1) is 0 Å². The van der Waals surface area contributed by atoms with Gasteiger partial charge in [0.15, 0.2) is 5.82 Å². The molecule has 0 aromatic carbocycles. The molecule has 0 aliphatic carbocycles. The lowest BCUT2D eigenvalue weighted by Gasteiger charge is -2.43. The van der Waals surface area contributed by atoms with Crippen LogP contribution in [0.5, 0.6) is 5.75 Å². The van der Waals surface area contributed by atoms with Crippen LogP contribution in [0.25, 0.3) is 0 Å². The summed E-state index contributed by atoms with van der Waals surface area (Å²) in [6.45, 7) is 9.73. The third kappa shape index (κ3) is 5.55. The Balaban J connectivity index is 2.05. The lowest BCUT2D eigenvalue weighted by molar-refractivity contribution is -0.141. The number of likely N-dealkylation sites (tertiary alicyclic amines) is 1. The standard InChI is InChI=1S/C20H29F2N3O4/c1-12(2)16(25(19(27)28)20(3,4)5)18(26)24-8-6-13(7-9-24)29-14-10-15(21)17(22)23-11-14/h10-13,16H,6-9H2,1-5H3,(H,27,28)/t16-/m0/s1. The number of hydrogen-bond acceptors (Lipinski definition) is 4. The van der Waals surface area contributed by atoms with Crippen LogP contribution in [0, 0.1) is 17.7 Å². The zero-order valence-corrected chi connectivity index (χ0v) is 17.5. The molecule has 1 atom stereocenters. The van der Waals surface area contributed by atoms with Gasteiger partial charge in [-0.05, 0) is 26.7 Å². The number of carboxylic acid groups (broad SMARTS) is 1. The van der Waals surface area contributed by atoms with E-state index in [1.807, 2.05) is 13.8 Å². The first kappa shape index (κ1) is 22.8.